The van der Waals surface area contributed by atoms with Crippen LogP contribution in [0.2, 0.25) is 5.02 Å². The highest BCUT2D eigenvalue weighted by Crippen LogP contribution is 2.33. The van der Waals surface area contributed by atoms with Crippen molar-refractivity contribution in [3.63, 3.8) is 0 Å². The first kappa shape index (κ1) is 26.8. The summed E-state index contributed by atoms with van der Waals surface area (Å²) in [5.41, 5.74) is 3.19. The summed E-state index contributed by atoms with van der Waals surface area (Å²) in [5.74, 6) is 0.825. The van der Waals surface area contributed by atoms with Crippen molar-refractivity contribution in [1.82, 2.24) is 4.90 Å². The standard InChI is InChI=1S/C29H27ClFNO4S/c1-18(2)22-12-7-19(3)15-26(22)35-14-13-32-28(33)27(37-29(32)34)16-20-8-10-21(11-9-20)36-17-23-24(30)5-4-6-25(23)31/h4-12,15-16,18H,13-14,17H2,1-3H3/b27-16-. The van der Waals surface area contributed by atoms with E-state index in [9.17, 15) is 14.0 Å². The van der Waals surface area contributed by atoms with Gasteiger partial charge in [0.25, 0.3) is 11.1 Å². The third kappa shape index (κ3) is 6.53. The average Bonchev–Trinajstić information content (AvgIpc) is 3.12. The number of imide groups is 1. The maximum Gasteiger partial charge on any atom is 0.293 e. The molecule has 0 aromatic heterocycles. The fraction of sp³-hybridized carbons (Fsp3) is 0.241. The third-order valence-electron chi connectivity index (χ3n) is 5.86. The number of benzene rings is 3. The molecule has 37 heavy (non-hydrogen) atoms. The number of ether oxygens (including phenoxy) is 2. The molecular weight excluding hydrogens is 513 g/mol. The fourth-order valence-corrected chi connectivity index (χ4v) is 4.90. The molecule has 5 nitrogen and oxygen atoms in total. The highest BCUT2D eigenvalue weighted by atomic mass is 35.5. The Hall–Kier alpha value is -3.29. The van der Waals surface area contributed by atoms with E-state index >= 15 is 0 Å². The molecule has 1 heterocycles. The molecule has 3 aromatic carbocycles. The van der Waals surface area contributed by atoms with E-state index in [0.717, 1.165) is 34.2 Å². The summed E-state index contributed by atoms with van der Waals surface area (Å²) in [4.78, 5) is 26.9. The van der Waals surface area contributed by atoms with Crippen molar-refractivity contribution < 1.29 is 23.5 Å². The number of hydrogen-bond acceptors (Lipinski definition) is 5. The first-order valence-corrected chi connectivity index (χ1v) is 13.1. The molecule has 0 bridgehead atoms. The van der Waals surface area contributed by atoms with Gasteiger partial charge >= 0.3 is 0 Å². The first-order valence-electron chi connectivity index (χ1n) is 11.9. The summed E-state index contributed by atoms with van der Waals surface area (Å²) < 4.78 is 25.5. The molecule has 192 valence electrons. The van der Waals surface area contributed by atoms with E-state index in [1.807, 2.05) is 25.1 Å². The Morgan fingerprint density at radius 2 is 1.81 bits per heavy atom. The zero-order chi connectivity index (χ0) is 26.5. The highest BCUT2D eigenvalue weighted by molar-refractivity contribution is 8.18. The zero-order valence-corrected chi connectivity index (χ0v) is 22.4. The smallest absolute Gasteiger partial charge is 0.293 e. The van der Waals surface area contributed by atoms with Gasteiger partial charge in [0.2, 0.25) is 0 Å². The van der Waals surface area contributed by atoms with Crippen LogP contribution in [-0.2, 0) is 11.4 Å². The van der Waals surface area contributed by atoms with Gasteiger partial charge in [0.15, 0.2) is 0 Å². The van der Waals surface area contributed by atoms with Crippen molar-refractivity contribution >= 4 is 40.6 Å². The van der Waals surface area contributed by atoms with Gasteiger partial charge in [-0.15, -0.1) is 0 Å². The van der Waals surface area contributed by atoms with Gasteiger partial charge in [-0.3, -0.25) is 14.5 Å². The number of aryl methyl sites for hydroxylation is 1. The number of carbonyl (C=O) groups is 2. The predicted octanol–water partition coefficient (Wildman–Crippen LogP) is 7.61. The van der Waals surface area contributed by atoms with Crippen LogP contribution in [0, 0.1) is 12.7 Å². The Labute approximate surface area is 225 Å². The molecule has 0 aliphatic carbocycles. The summed E-state index contributed by atoms with van der Waals surface area (Å²) in [6.07, 6.45) is 1.67. The van der Waals surface area contributed by atoms with Crippen LogP contribution in [0.4, 0.5) is 9.18 Å². The molecule has 0 spiro atoms. The molecule has 0 N–H and O–H groups in total. The average molecular weight is 540 g/mol. The summed E-state index contributed by atoms with van der Waals surface area (Å²) in [5, 5.41) is -0.0214. The number of nitrogens with zero attached hydrogens (tertiary/aromatic N) is 1. The van der Waals surface area contributed by atoms with Gasteiger partial charge in [0.05, 0.1) is 16.5 Å². The molecule has 0 saturated carbocycles. The minimum Gasteiger partial charge on any atom is -0.491 e. The van der Waals surface area contributed by atoms with Crippen LogP contribution >= 0.6 is 23.4 Å². The van der Waals surface area contributed by atoms with Gasteiger partial charge in [0, 0.05) is 5.56 Å². The van der Waals surface area contributed by atoms with Crippen LogP contribution in [-0.4, -0.2) is 29.2 Å². The van der Waals surface area contributed by atoms with Crippen molar-refractivity contribution in [3.8, 4) is 11.5 Å². The minimum atomic E-state index is -0.426. The van der Waals surface area contributed by atoms with E-state index in [2.05, 4.69) is 13.8 Å². The van der Waals surface area contributed by atoms with Crippen molar-refractivity contribution in [2.24, 2.45) is 0 Å². The lowest BCUT2D eigenvalue weighted by atomic mass is 10.0. The molecule has 8 heteroatoms. The van der Waals surface area contributed by atoms with Crippen LogP contribution in [0.5, 0.6) is 11.5 Å². The summed E-state index contributed by atoms with van der Waals surface area (Å²) in [6, 6.07) is 17.5. The number of carbonyl (C=O) groups excluding carboxylic acids is 2. The van der Waals surface area contributed by atoms with Gasteiger partial charge < -0.3 is 9.47 Å². The second kappa shape index (κ2) is 11.8. The zero-order valence-electron chi connectivity index (χ0n) is 20.8. The Morgan fingerprint density at radius 3 is 2.51 bits per heavy atom. The van der Waals surface area contributed by atoms with E-state index in [-0.39, 0.29) is 36.5 Å². The number of hydrogen-bond donors (Lipinski definition) is 0. The number of rotatable bonds is 9. The summed E-state index contributed by atoms with van der Waals surface area (Å²) >= 11 is 6.94. The van der Waals surface area contributed by atoms with Crippen molar-refractivity contribution in [1.29, 1.82) is 0 Å². The Bertz CT molecular complexity index is 1320. The summed E-state index contributed by atoms with van der Waals surface area (Å²) in [6.45, 7) is 6.56. The third-order valence-corrected chi connectivity index (χ3v) is 7.12. The highest BCUT2D eigenvalue weighted by Gasteiger charge is 2.34. The van der Waals surface area contributed by atoms with Gasteiger partial charge in [-0.25, -0.2) is 4.39 Å². The molecule has 1 aliphatic rings. The van der Waals surface area contributed by atoms with Crippen LogP contribution in [0.3, 0.4) is 0 Å². The Balaban J connectivity index is 1.35. The lowest BCUT2D eigenvalue weighted by molar-refractivity contribution is -0.123. The quantitative estimate of drug-likeness (QED) is 0.262. The Morgan fingerprint density at radius 1 is 1.05 bits per heavy atom. The molecule has 4 rings (SSSR count). The van der Waals surface area contributed by atoms with Gasteiger partial charge in [0.1, 0.15) is 30.5 Å². The van der Waals surface area contributed by atoms with Gasteiger partial charge in [-0.05, 0) is 77.7 Å². The second-order valence-corrected chi connectivity index (χ2v) is 10.3. The Kier molecular flexibility index (Phi) is 8.56. The minimum absolute atomic E-state index is 0.00692. The fourth-order valence-electron chi connectivity index (χ4n) is 3.82. The lowest BCUT2D eigenvalue weighted by Gasteiger charge is -2.17. The molecule has 0 unspecified atom stereocenters. The molecule has 1 aliphatic heterocycles. The van der Waals surface area contributed by atoms with Crippen LogP contribution in [0.25, 0.3) is 6.08 Å². The number of halogens is 2. The molecular formula is C29H27ClFNO4S. The summed E-state index contributed by atoms with van der Waals surface area (Å²) in [7, 11) is 0. The first-order chi connectivity index (χ1) is 17.7. The van der Waals surface area contributed by atoms with E-state index in [4.69, 9.17) is 21.1 Å². The van der Waals surface area contributed by atoms with Crippen molar-refractivity contribution in [2.75, 3.05) is 13.2 Å². The molecule has 3 aromatic rings. The molecule has 1 fully saturated rings. The van der Waals surface area contributed by atoms with E-state index in [0.29, 0.717) is 21.6 Å². The number of thioether (sulfide) groups is 1. The molecule has 2 amide bonds. The maximum absolute atomic E-state index is 13.9. The van der Waals surface area contributed by atoms with E-state index < -0.39 is 5.82 Å². The van der Waals surface area contributed by atoms with Crippen LogP contribution in [0.1, 0.15) is 42.0 Å². The lowest BCUT2D eigenvalue weighted by Crippen LogP contribution is -2.32. The van der Waals surface area contributed by atoms with Crippen molar-refractivity contribution in [2.45, 2.75) is 33.3 Å². The van der Waals surface area contributed by atoms with Crippen molar-refractivity contribution in [3.05, 3.63) is 98.7 Å². The van der Waals surface area contributed by atoms with E-state index in [1.165, 1.54) is 17.0 Å². The van der Waals surface area contributed by atoms with Crippen LogP contribution in [0.15, 0.2) is 65.6 Å². The number of amides is 2. The van der Waals surface area contributed by atoms with Gasteiger partial charge in [-0.2, -0.15) is 0 Å². The topological polar surface area (TPSA) is 55.8 Å². The molecule has 0 radical (unpaired) electrons. The van der Waals surface area contributed by atoms with Gasteiger partial charge in [-0.1, -0.05) is 55.8 Å². The molecule has 1 saturated heterocycles. The van der Waals surface area contributed by atoms with E-state index in [1.54, 1.807) is 36.4 Å². The maximum atomic E-state index is 13.9. The largest absolute Gasteiger partial charge is 0.491 e. The molecule has 0 atom stereocenters. The normalized spacial score (nSPS) is 14.6. The predicted molar refractivity (Wildman–Crippen MR) is 146 cm³/mol. The van der Waals surface area contributed by atoms with Crippen LogP contribution < -0.4 is 9.47 Å². The SMILES string of the molecule is Cc1ccc(C(C)C)c(OCCN2C(=O)S/C(=C\c3ccc(OCc4c(F)cccc4Cl)cc3)C2=O)c1. The second-order valence-electron chi connectivity index (χ2n) is 8.94. The monoisotopic (exact) mass is 539 g/mol.